The van der Waals surface area contributed by atoms with Gasteiger partial charge in [0.15, 0.2) is 5.78 Å². The molecule has 1 spiro atoms. The zero-order valence-electron chi connectivity index (χ0n) is 92.1. The molecule has 0 bridgehead atoms. The summed E-state index contributed by atoms with van der Waals surface area (Å²) in [6.45, 7) is 40.2. The van der Waals surface area contributed by atoms with Crippen LogP contribution in [0.5, 0.6) is 0 Å². The maximum atomic E-state index is 12.0. The molecule has 1 heterocycles. The molecule has 19 saturated carbocycles. The number of hydrogen-bond acceptors (Lipinski definition) is 15. The molecule has 0 aromatic carbocycles. The number of rotatable bonds is 14. The van der Waals surface area contributed by atoms with Crippen LogP contribution in [0.4, 0.5) is 0 Å². The summed E-state index contributed by atoms with van der Waals surface area (Å²) < 4.78 is 27.3. The Balaban J connectivity index is 0.000000142. The van der Waals surface area contributed by atoms with E-state index in [0.717, 1.165) is 192 Å². The number of aliphatic hydroxyl groups is 7. The van der Waals surface area contributed by atoms with Crippen molar-refractivity contribution in [3.05, 3.63) is 11.6 Å². The van der Waals surface area contributed by atoms with Crippen molar-refractivity contribution in [2.75, 3.05) is 93.5 Å². The first-order valence-corrected chi connectivity index (χ1v) is 63.1. The van der Waals surface area contributed by atoms with Crippen molar-refractivity contribution >= 4 is 45.3 Å². The molecule has 1 aliphatic heterocycles. The van der Waals surface area contributed by atoms with E-state index in [1.807, 2.05) is 27.3 Å². The van der Waals surface area contributed by atoms with E-state index >= 15 is 0 Å². The minimum atomic E-state index is -2.13. The number of methoxy groups -OCH3 is 2. The summed E-state index contributed by atoms with van der Waals surface area (Å²) in [4.78, 5) is 35.4. The van der Waals surface area contributed by atoms with E-state index in [0.29, 0.717) is 176 Å². The number of ether oxygens (including phenoxy) is 3. The van der Waals surface area contributed by atoms with Gasteiger partial charge in [0.25, 0.3) is 0 Å². The van der Waals surface area contributed by atoms with Crippen molar-refractivity contribution in [2.24, 2.45) is 226 Å². The number of fused-ring (bicyclic) bond motifs is 25. The van der Waals surface area contributed by atoms with Crippen molar-refractivity contribution in [3.8, 4) is 0 Å². The van der Waals surface area contributed by atoms with Gasteiger partial charge in [0, 0.05) is 94.1 Å². The van der Waals surface area contributed by atoms with Crippen LogP contribution in [-0.4, -0.2) is 168 Å². The second-order valence-corrected chi connectivity index (χ2v) is 69.8. The Bertz CT molecular complexity index is 4150. The van der Waals surface area contributed by atoms with E-state index in [4.69, 9.17) is 24.4 Å². The van der Waals surface area contributed by atoms with Crippen molar-refractivity contribution in [1.29, 1.82) is 0 Å². The first-order valence-electron chi connectivity index (χ1n) is 57.4. The molecule has 18 heteroatoms. The van der Waals surface area contributed by atoms with Crippen LogP contribution in [0, 0.1) is 226 Å². The average molecular weight is 2070 g/mol. The van der Waals surface area contributed by atoms with E-state index in [-0.39, 0.29) is 35.5 Å². The summed E-state index contributed by atoms with van der Waals surface area (Å²) in [5, 5.41) is 76.2. The van der Waals surface area contributed by atoms with Gasteiger partial charge < -0.3 is 59.9 Å². The minimum absolute atomic E-state index is 0. The number of halogens is 1. The van der Waals surface area contributed by atoms with Gasteiger partial charge in [0.1, 0.15) is 12.1 Å². The summed E-state index contributed by atoms with van der Waals surface area (Å²) in [5.41, 5.74) is 4.91. The van der Waals surface area contributed by atoms with E-state index < -0.39 is 17.4 Å². The van der Waals surface area contributed by atoms with Gasteiger partial charge in [-0.15, -0.1) is 0 Å². The van der Waals surface area contributed by atoms with Crippen molar-refractivity contribution in [2.45, 2.75) is 403 Å². The smallest absolute Gasteiger partial charge is 0.857 e. The summed E-state index contributed by atoms with van der Waals surface area (Å²) >= 11 is 1.96. The molecule has 0 aromatic heterocycles. The molecule has 0 amide bonds. The molecule has 20 aliphatic carbocycles. The molecule has 0 unspecified atom stereocenters. The minimum Gasteiger partial charge on any atom is -0.857 e. The van der Waals surface area contributed by atoms with E-state index in [9.17, 15) is 49.2 Å². The fourth-order valence-corrected chi connectivity index (χ4v) is 42.1. The zero-order chi connectivity index (χ0) is 100. The fourth-order valence-electron chi connectivity index (χ4n) is 42.1. The molecule has 20 fully saturated rings. The summed E-state index contributed by atoms with van der Waals surface area (Å²) in [7, 11) is 5.18. The molecule has 21 aliphatic rings. The number of aliphatic hydroxyl groups excluding tert-OH is 5. The van der Waals surface area contributed by atoms with Crippen molar-refractivity contribution < 1.29 is 103 Å². The molecule has 138 heavy (non-hydrogen) atoms. The van der Waals surface area contributed by atoms with Crippen molar-refractivity contribution in [1.82, 2.24) is 0 Å². The van der Waals surface area contributed by atoms with Gasteiger partial charge in [0.2, 0.25) is 0 Å². The molecule has 42 atom stereocenters. The van der Waals surface area contributed by atoms with E-state index in [2.05, 4.69) is 104 Å². The van der Waals surface area contributed by atoms with Gasteiger partial charge in [-0.05, 0) is 508 Å². The second-order valence-electron chi connectivity index (χ2n) is 56.3. The third kappa shape index (κ3) is 21.6. The first kappa shape index (κ1) is 115. The van der Waals surface area contributed by atoms with E-state index in [1.54, 1.807) is 33.0 Å². The van der Waals surface area contributed by atoms with Crippen LogP contribution in [0.2, 0.25) is 0 Å². The number of ketones is 2. The third-order valence-electron chi connectivity index (χ3n) is 49.4. The fraction of sp³-hybridized carbons (Fsp3) is 0.958. The molecule has 0 aromatic rings. The standard InChI is InChI=1S/C24H42O3.C24H40O3.C23H38O2.C22H36O2.C22H34O2.C3H9IOS.CH4O.CH3O.Na/c2*1-16(14-25)19-7-8-20-18-6-5-17-13-24(26,15-27-4)12-11-22(17,2)21(18)9-10-23(19,20)3;1-15(13-24)18-6-7-19-17-5-4-16-12-23(14-25-23)11-10-21(16,2)20(17)8-9-22(18,19)3;2*1-14(13-23)18-6-7-19-17-5-4-15-12-16(24)8-10-21(15,2)20(17)9-11-22(18,19)3;1-6(2,3,4)5;2*1-2;/h16-21,25-26H,5-15H2,1-4H3;14,16-21,26H,5-13,15H2,1-4H3;15-20,24H,4-14H2,1-3H3;14-15,17-20,23H,4-13H2,1-3H3;12,14,17-20,23H,4-11,13H2,1-3H3;1-3H3;2H,1H3;1H3;/q;;;;;;;-1;+1/t2*16-,17-,18+,19-,20+,21+,22+,23-,24+;15-,16-,17+,18-,19+,20+,21+,22-,23+;14-,15-,17+,18-,19+,20+,21+,22-;14-,17+,18-,19+,20+,21+,22-;;;;/m11111..../s1. The number of hydrogen-bond donors (Lipinski definition) is 7. The predicted octanol–water partition coefficient (Wildman–Crippen LogP) is 20.8. The molecule has 790 valence electrons. The second kappa shape index (κ2) is 44.1. The Morgan fingerprint density at radius 2 is 0.696 bits per heavy atom. The molecule has 1 saturated heterocycles. The average Bonchev–Trinajstić information content (AvgIpc) is 1.51. The first-order chi connectivity index (χ1) is 64.5. The predicted molar refractivity (Wildman–Crippen MR) is 563 cm³/mol. The van der Waals surface area contributed by atoms with Crippen LogP contribution in [-0.2, 0) is 34.8 Å². The monoisotopic (exact) mass is 2070 g/mol. The van der Waals surface area contributed by atoms with Gasteiger partial charge in [0.05, 0.1) is 36.6 Å². The molecule has 21 rings (SSSR count). The Morgan fingerprint density at radius 3 is 1.03 bits per heavy atom. The van der Waals surface area contributed by atoms with Crippen LogP contribution in [0.1, 0.15) is 386 Å². The number of aldehydes is 1. The molecular formula is C120H206INaO15S. The Morgan fingerprint density at radius 1 is 0.399 bits per heavy atom. The van der Waals surface area contributed by atoms with Gasteiger partial charge in [-0.2, -0.15) is 7.11 Å². The normalized spacial score (nSPS) is 49.9. The Hall–Kier alpha value is 0.190. The maximum absolute atomic E-state index is 12.0. The topological polar surface area (TPSA) is 264 Å². The van der Waals surface area contributed by atoms with Crippen LogP contribution in [0.3, 0.4) is 0 Å². The number of allylic oxidation sites excluding steroid dienone is 1. The number of carbonyl (C=O) groups excluding carboxylic acids is 3. The molecule has 7 N–H and O–H groups in total. The Kier molecular flexibility index (Phi) is 36.9. The van der Waals surface area contributed by atoms with E-state index in [1.165, 1.54) is 224 Å². The summed E-state index contributed by atoms with van der Waals surface area (Å²) in [6.07, 6.45) is 61.4. The zero-order valence-corrected chi connectivity index (χ0v) is 97.1. The van der Waals surface area contributed by atoms with Gasteiger partial charge >= 0.3 is 29.6 Å². The number of Topliss-reactive ketones (excluding diaryl/α,β-unsaturated/α-hetero) is 1. The van der Waals surface area contributed by atoms with Crippen LogP contribution < -0.4 is 34.7 Å². The van der Waals surface area contributed by atoms with Crippen LogP contribution in [0.25, 0.3) is 0 Å². The molecular weight excluding hydrogens is 1860 g/mol. The van der Waals surface area contributed by atoms with Gasteiger partial charge in [-0.25, -0.2) is 0 Å². The van der Waals surface area contributed by atoms with Crippen LogP contribution in [0.15, 0.2) is 11.6 Å². The molecule has 15 nitrogen and oxygen atoms in total. The summed E-state index contributed by atoms with van der Waals surface area (Å²) in [6, 6.07) is 0. The Labute approximate surface area is 875 Å². The quantitative estimate of drug-likeness (QED) is 0.0280. The SMILES string of the molecule is CO.COC[C@]1(O)CC[C@@]2(C)[C@H](CC[C@@H]3[C@@H]2CC[C@]2(C)[C@@H]([C@H](C)C=O)CC[C@@H]32)C1.COC[C@]1(O)CC[C@@]2(C)[C@H](CC[C@@H]3[C@@H]2CC[C@]2(C)[C@@H]([C@H](C)CO)CC[C@@H]32)C1.CS(C)(C)(=O)I.C[C@H](CO)[C@H]1CC[C@H]2[C@@H]3CCC4=CC(=O)CC[C@]4(C)[C@H]3CC[C@]12C.C[C@H](CO)[C@H]1CC[C@H]2[C@@H]3CC[C@@H]4CC(=O)CC[C@]4(C)[C@H]3CC[C@]12C.C[C@H](CO)[C@H]1CC[C@H]2[C@@H]3CC[C@@H]4C[C@@]5(CC[C@]4(C)[C@H]3CC[C@]12C)CO5.C[O-].[Na+]. The van der Waals surface area contributed by atoms with Gasteiger partial charge in [-0.3, -0.25) is 13.8 Å². The number of carbonyl (C=O) groups is 3. The number of epoxide rings is 1. The van der Waals surface area contributed by atoms with Crippen molar-refractivity contribution in [3.63, 3.8) is 0 Å². The summed E-state index contributed by atoms with van der Waals surface area (Å²) in [5.74, 6) is 22.2. The van der Waals surface area contributed by atoms with Crippen LogP contribution >= 0.6 is 21.2 Å². The third-order valence-corrected chi connectivity index (χ3v) is 49.4. The maximum Gasteiger partial charge on any atom is 1.00 e. The van der Waals surface area contributed by atoms with Gasteiger partial charge in [-0.1, -0.05) is 116 Å². The molecule has 0 radical (unpaired) electrons. The largest absolute Gasteiger partial charge is 1.00 e.